The van der Waals surface area contributed by atoms with E-state index in [-0.39, 0.29) is 11.8 Å². The number of nitrogens with one attached hydrogen (secondary N) is 1. The molecular formula is C30H26N6O3S. The van der Waals surface area contributed by atoms with Crippen molar-refractivity contribution in [2.24, 2.45) is 4.99 Å². The zero-order chi connectivity index (χ0) is 27.7. The number of carbonyl (C=O) groups excluding carboxylic acids is 2. The van der Waals surface area contributed by atoms with E-state index in [9.17, 15) is 9.59 Å². The number of pyridine rings is 1. The Morgan fingerprint density at radius 2 is 1.88 bits per heavy atom. The summed E-state index contributed by atoms with van der Waals surface area (Å²) in [6.45, 7) is 2.95. The van der Waals surface area contributed by atoms with Crippen LogP contribution in [0.3, 0.4) is 0 Å². The molecule has 4 heterocycles. The van der Waals surface area contributed by atoms with Gasteiger partial charge in [-0.15, -0.1) is 11.3 Å². The Bertz CT molecular complexity index is 1720. The van der Waals surface area contributed by atoms with Crippen molar-refractivity contribution in [1.29, 1.82) is 0 Å². The first kappa shape index (κ1) is 25.4. The number of fused-ring (bicyclic) bond motifs is 1. The Morgan fingerprint density at radius 1 is 1.07 bits per heavy atom. The molecule has 10 heteroatoms. The second kappa shape index (κ2) is 10.4. The van der Waals surface area contributed by atoms with Crippen molar-refractivity contribution in [2.75, 3.05) is 23.8 Å². The SMILES string of the molecule is CN(C(=O)c1ccccc1)c1ccc2c(c1)nc(NC(=O)c1ccc(C3(C)CN=CO3)s1)n2Cc1ccncc1. The summed E-state index contributed by atoms with van der Waals surface area (Å²) in [7, 11) is 1.74. The molecule has 1 N–H and O–H groups in total. The molecule has 1 aliphatic rings. The van der Waals surface area contributed by atoms with Crippen molar-refractivity contribution in [2.45, 2.75) is 19.1 Å². The Kier molecular flexibility index (Phi) is 6.61. The summed E-state index contributed by atoms with van der Waals surface area (Å²) in [4.78, 5) is 42.5. The smallest absolute Gasteiger partial charge is 0.268 e. The summed E-state index contributed by atoms with van der Waals surface area (Å²) >= 11 is 1.37. The van der Waals surface area contributed by atoms with Gasteiger partial charge in [0.2, 0.25) is 5.95 Å². The molecule has 1 aliphatic heterocycles. The van der Waals surface area contributed by atoms with Crippen LogP contribution in [0, 0.1) is 0 Å². The van der Waals surface area contributed by atoms with Gasteiger partial charge in [0.25, 0.3) is 11.8 Å². The molecule has 1 atom stereocenters. The molecule has 3 aromatic heterocycles. The van der Waals surface area contributed by atoms with Crippen molar-refractivity contribution >= 4 is 52.2 Å². The summed E-state index contributed by atoms with van der Waals surface area (Å²) in [5.41, 5.74) is 3.23. The Morgan fingerprint density at radius 3 is 2.62 bits per heavy atom. The molecule has 0 bridgehead atoms. The van der Waals surface area contributed by atoms with Crippen molar-refractivity contribution in [3.05, 3.63) is 106 Å². The standard InChI is InChI=1S/C30H26N6O3S/c1-30(18-32-19-39-30)26-11-10-25(40-26)27(37)34-29-33-23-16-22(35(2)28(38)21-6-4-3-5-7-21)8-9-24(23)36(29)17-20-12-14-31-15-13-20/h3-16,19H,17-18H2,1-2H3,(H,33,34,37). The van der Waals surface area contributed by atoms with Crippen LogP contribution >= 0.6 is 11.3 Å². The minimum atomic E-state index is -0.558. The van der Waals surface area contributed by atoms with Gasteiger partial charge >= 0.3 is 0 Å². The molecule has 0 spiro atoms. The van der Waals surface area contributed by atoms with Crippen LogP contribution in [-0.2, 0) is 16.9 Å². The van der Waals surface area contributed by atoms with Crippen molar-refractivity contribution < 1.29 is 14.3 Å². The number of carbonyl (C=O) groups is 2. The molecule has 0 aliphatic carbocycles. The van der Waals surface area contributed by atoms with Crippen LogP contribution in [0.25, 0.3) is 11.0 Å². The van der Waals surface area contributed by atoms with E-state index in [0.717, 1.165) is 16.0 Å². The number of imidazole rings is 1. The van der Waals surface area contributed by atoms with Gasteiger partial charge in [0.05, 0.1) is 33.9 Å². The maximum Gasteiger partial charge on any atom is 0.268 e. The fraction of sp³-hybridized carbons (Fsp3) is 0.167. The lowest BCUT2D eigenvalue weighted by atomic mass is 10.1. The summed E-state index contributed by atoms with van der Waals surface area (Å²) in [6, 6.07) is 22.3. The van der Waals surface area contributed by atoms with Crippen molar-refractivity contribution in [1.82, 2.24) is 14.5 Å². The topological polar surface area (TPSA) is 102 Å². The summed E-state index contributed by atoms with van der Waals surface area (Å²) in [5, 5.41) is 3.01. The van der Waals surface area contributed by atoms with E-state index in [1.807, 2.05) is 66.1 Å². The van der Waals surface area contributed by atoms with Gasteiger partial charge in [0.15, 0.2) is 12.0 Å². The van der Waals surface area contributed by atoms with Gasteiger partial charge in [-0.1, -0.05) is 18.2 Å². The third-order valence-electron chi connectivity index (χ3n) is 6.89. The van der Waals surface area contributed by atoms with Crippen LogP contribution in [-0.4, -0.2) is 46.3 Å². The number of thiophene rings is 1. The monoisotopic (exact) mass is 550 g/mol. The van der Waals surface area contributed by atoms with E-state index in [1.54, 1.807) is 42.5 Å². The highest BCUT2D eigenvalue weighted by atomic mass is 32.1. The first-order valence-electron chi connectivity index (χ1n) is 12.7. The van der Waals surface area contributed by atoms with E-state index in [4.69, 9.17) is 9.72 Å². The molecule has 1 unspecified atom stereocenters. The van der Waals surface area contributed by atoms with E-state index >= 15 is 0 Å². The van der Waals surface area contributed by atoms with E-state index in [2.05, 4.69) is 15.3 Å². The quantitative estimate of drug-likeness (QED) is 0.295. The number of amides is 2. The molecule has 9 nitrogen and oxygen atoms in total. The van der Waals surface area contributed by atoms with E-state index < -0.39 is 5.60 Å². The van der Waals surface area contributed by atoms with Crippen LogP contribution in [0.1, 0.15) is 37.4 Å². The van der Waals surface area contributed by atoms with Gasteiger partial charge in [-0.05, 0) is 67.1 Å². The molecular weight excluding hydrogens is 524 g/mol. The lowest BCUT2D eigenvalue weighted by Gasteiger charge is -2.19. The first-order valence-corrected chi connectivity index (χ1v) is 13.5. The fourth-order valence-electron chi connectivity index (χ4n) is 4.59. The highest BCUT2D eigenvalue weighted by molar-refractivity contribution is 7.14. The molecule has 0 saturated heterocycles. The number of hydrogen-bond donors (Lipinski definition) is 1. The third-order valence-corrected chi connectivity index (χ3v) is 8.22. The number of anilines is 2. The summed E-state index contributed by atoms with van der Waals surface area (Å²) < 4.78 is 7.63. The number of aliphatic imine (C=N–C) groups is 1. The Labute approximate surface area is 234 Å². The fourth-order valence-corrected chi connectivity index (χ4v) is 5.57. The average Bonchev–Trinajstić information content (AvgIpc) is 3.73. The Balaban J connectivity index is 1.33. The number of ether oxygens (including phenoxy) is 1. The molecule has 2 amide bonds. The number of hydrogen-bond acceptors (Lipinski definition) is 7. The van der Waals surface area contributed by atoms with Gasteiger partial charge in [-0.3, -0.25) is 24.9 Å². The maximum absolute atomic E-state index is 13.4. The molecule has 0 saturated carbocycles. The van der Waals surface area contributed by atoms with Crippen LogP contribution in [0.4, 0.5) is 11.6 Å². The number of benzene rings is 2. The van der Waals surface area contributed by atoms with Crippen molar-refractivity contribution in [3.63, 3.8) is 0 Å². The molecule has 200 valence electrons. The third kappa shape index (κ3) is 4.85. The summed E-state index contributed by atoms with van der Waals surface area (Å²) in [5.74, 6) is 0.0257. The first-order chi connectivity index (χ1) is 19.4. The van der Waals surface area contributed by atoms with Crippen molar-refractivity contribution in [3.8, 4) is 0 Å². The Hall–Kier alpha value is -4.83. The van der Waals surface area contributed by atoms with Crippen LogP contribution in [0.15, 0.2) is 90.2 Å². The number of aromatic nitrogens is 3. The molecule has 40 heavy (non-hydrogen) atoms. The lowest BCUT2D eigenvalue weighted by molar-refractivity contribution is 0.0991. The van der Waals surface area contributed by atoms with E-state index in [0.29, 0.717) is 40.7 Å². The number of rotatable bonds is 7. The molecule has 5 aromatic rings. The van der Waals surface area contributed by atoms with Gasteiger partial charge < -0.3 is 14.2 Å². The van der Waals surface area contributed by atoms with Crippen LogP contribution in [0.5, 0.6) is 0 Å². The van der Waals surface area contributed by atoms with Crippen LogP contribution in [0.2, 0.25) is 0 Å². The van der Waals surface area contributed by atoms with Gasteiger partial charge in [-0.2, -0.15) is 0 Å². The zero-order valence-electron chi connectivity index (χ0n) is 21.9. The van der Waals surface area contributed by atoms with Gasteiger partial charge in [0.1, 0.15) is 0 Å². The predicted octanol–water partition coefficient (Wildman–Crippen LogP) is 5.34. The van der Waals surface area contributed by atoms with Gasteiger partial charge in [0, 0.05) is 30.7 Å². The molecule has 0 radical (unpaired) electrons. The second-order valence-electron chi connectivity index (χ2n) is 9.69. The zero-order valence-corrected chi connectivity index (χ0v) is 22.8. The normalized spacial score (nSPS) is 16.1. The minimum Gasteiger partial charge on any atom is -0.470 e. The minimum absolute atomic E-state index is 0.122. The highest BCUT2D eigenvalue weighted by Crippen LogP contribution is 2.34. The van der Waals surface area contributed by atoms with Gasteiger partial charge in [-0.25, -0.2) is 4.98 Å². The molecule has 6 rings (SSSR count). The highest BCUT2D eigenvalue weighted by Gasteiger charge is 2.33. The molecule has 2 aromatic carbocycles. The largest absolute Gasteiger partial charge is 0.470 e. The lowest BCUT2D eigenvalue weighted by Crippen LogP contribution is -2.26. The van der Waals surface area contributed by atoms with E-state index in [1.165, 1.54) is 17.7 Å². The average molecular weight is 551 g/mol. The second-order valence-corrected chi connectivity index (χ2v) is 10.8. The predicted molar refractivity (Wildman–Crippen MR) is 156 cm³/mol. The number of nitrogens with zero attached hydrogens (tertiary/aromatic N) is 5. The maximum atomic E-state index is 13.4. The molecule has 0 fully saturated rings. The van der Waals surface area contributed by atoms with Crippen LogP contribution < -0.4 is 10.2 Å². The summed E-state index contributed by atoms with van der Waals surface area (Å²) in [6.07, 6.45) is 4.93.